The second-order valence-corrected chi connectivity index (χ2v) is 14.9. The first-order chi connectivity index (χ1) is 23.2. The van der Waals surface area contributed by atoms with E-state index in [1.807, 2.05) is 12.2 Å². The van der Waals surface area contributed by atoms with E-state index in [9.17, 15) is 19.2 Å². The fourth-order valence-electron chi connectivity index (χ4n) is 10.6. The zero-order chi connectivity index (χ0) is 33.4. The van der Waals surface area contributed by atoms with Gasteiger partial charge in [-0.05, 0) is 98.0 Å². The molecule has 1 saturated heterocycles. The van der Waals surface area contributed by atoms with Gasteiger partial charge in [-0.15, -0.1) is 0 Å². The molecule has 48 heavy (non-hydrogen) atoms. The highest BCUT2D eigenvalue weighted by Crippen LogP contribution is 2.71. The fraction of sp³-hybridized carbons (Fsp3) is 0.538. The number of esters is 2. The van der Waals surface area contributed by atoms with Crippen LogP contribution >= 0.6 is 0 Å². The number of dihydropyridines is 1. The van der Waals surface area contributed by atoms with Crippen molar-refractivity contribution in [2.45, 2.75) is 84.5 Å². The molecule has 0 aromatic rings. The molecule has 0 aromatic carbocycles. The van der Waals surface area contributed by atoms with Crippen molar-refractivity contribution in [3.8, 4) is 0 Å². The quantitative estimate of drug-likeness (QED) is 0.259. The summed E-state index contributed by atoms with van der Waals surface area (Å²) in [5, 5.41) is 3.13. The van der Waals surface area contributed by atoms with E-state index in [4.69, 9.17) is 15.2 Å². The van der Waals surface area contributed by atoms with Crippen LogP contribution in [0.2, 0.25) is 0 Å². The summed E-state index contributed by atoms with van der Waals surface area (Å²) in [6.07, 6.45) is 21.2. The maximum Gasteiger partial charge on any atom is 0.340 e. The number of carbonyl (C=O) groups excluding carboxylic acids is 4. The predicted molar refractivity (Wildman–Crippen MR) is 178 cm³/mol. The zero-order valence-corrected chi connectivity index (χ0v) is 27.9. The van der Waals surface area contributed by atoms with Crippen LogP contribution in [0, 0.1) is 34.5 Å². The first kappa shape index (κ1) is 31.1. The number of fused-ring (bicyclic) bond motifs is 1. The molecule has 9 heteroatoms. The van der Waals surface area contributed by atoms with E-state index in [2.05, 4.69) is 31.3 Å². The van der Waals surface area contributed by atoms with Crippen molar-refractivity contribution >= 4 is 23.8 Å². The molecule has 5 atom stereocenters. The molecular formula is C39H45N3O6. The van der Waals surface area contributed by atoms with E-state index >= 15 is 0 Å². The molecule has 9 nitrogen and oxygen atoms in total. The number of ether oxygens (including phenoxy) is 2. The van der Waals surface area contributed by atoms with E-state index in [-0.39, 0.29) is 53.5 Å². The number of nitrogens with one attached hydrogen (secondary N) is 1. The van der Waals surface area contributed by atoms with Gasteiger partial charge in [0.15, 0.2) is 0 Å². The SMILES string of the molecule is CCCC=C1OC(=O)C2=C(C(CN3C(=O)C=CC3=O)C3=CCNC(N)=C3)C3CCC12C1C2=C(CCC31)C(=CC1(CC)CCCC1)OC2=O. The third-order valence-corrected chi connectivity index (χ3v) is 12.8. The summed E-state index contributed by atoms with van der Waals surface area (Å²) < 4.78 is 12.5. The Morgan fingerprint density at radius 2 is 1.81 bits per heavy atom. The Kier molecular flexibility index (Phi) is 7.45. The van der Waals surface area contributed by atoms with Crippen LogP contribution < -0.4 is 11.1 Å². The first-order valence-corrected chi connectivity index (χ1v) is 18.0. The van der Waals surface area contributed by atoms with Crippen molar-refractivity contribution in [2.75, 3.05) is 13.1 Å². The number of imide groups is 1. The second-order valence-electron chi connectivity index (χ2n) is 14.9. The van der Waals surface area contributed by atoms with Crippen molar-refractivity contribution in [2.24, 2.45) is 40.2 Å². The molecule has 252 valence electrons. The van der Waals surface area contributed by atoms with Gasteiger partial charge in [-0.2, -0.15) is 0 Å². The summed E-state index contributed by atoms with van der Waals surface area (Å²) in [7, 11) is 0. The highest BCUT2D eigenvalue weighted by atomic mass is 16.5. The number of hydrogen-bond acceptors (Lipinski definition) is 8. The molecule has 4 aliphatic heterocycles. The van der Waals surface area contributed by atoms with E-state index in [0.29, 0.717) is 30.1 Å². The third-order valence-electron chi connectivity index (χ3n) is 12.8. The topological polar surface area (TPSA) is 128 Å². The van der Waals surface area contributed by atoms with Crippen LogP contribution in [0.25, 0.3) is 0 Å². The maximum atomic E-state index is 14.3. The van der Waals surface area contributed by atoms with E-state index < -0.39 is 11.3 Å². The summed E-state index contributed by atoms with van der Waals surface area (Å²) in [6, 6.07) is 0. The summed E-state index contributed by atoms with van der Waals surface area (Å²) in [5.74, 6) is -0.134. The molecule has 2 saturated carbocycles. The minimum atomic E-state index is -0.815. The van der Waals surface area contributed by atoms with Gasteiger partial charge in [-0.3, -0.25) is 14.5 Å². The summed E-state index contributed by atoms with van der Waals surface area (Å²) in [6.45, 7) is 4.93. The van der Waals surface area contributed by atoms with Gasteiger partial charge in [-0.1, -0.05) is 39.2 Å². The Morgan fingerprint density at radius 3 is 2.52 bits per heavy atom. The van der Waals surface area contributed by atoms with Gasteiger partial charge >= 0.3 is 11.9 Å². The summed E-state index contributed by atoms with van der Waals surface area (Å²) in [5.41, 5.74) is 9.71. The molecule has 2 amide bonds. The van der Waals surface area contributed by atoms with Crippen LogP contribution in [0.4, 0.5) is 0 Å². The van der Waals surface area contributed by atoms with Gasteiger partial charge in [0.2, 0.25) is 0 Å². The zero-order valence-electron chi connectivity index (χ0n) is 27.9. The van der Waals surface area contributed by atoms with Crippen LogP contribution in [0.1, 0.15) is 84.5 Å². The van der Waals surface area contributed by atoms with Gasteiger partial charge in [0, 0.05) is 48.2 Å². The third kappa shape index (κ3) is 4.48. The molecule has 1 spiro atoms. The van der Waals surface area contributed by atoms with Crippen LogP contribution in [0.3, 0.4) is 0 Å². The van der Waals surface area contributed by atoms with Crippen molar-refractivity contribution in [3.63, 3.8) is 0 Å². The maximum absolute atomic E-state index is 14.3. The van der Waals surface area contributed by atoms with Crippen molar-refractivity contribution in [1.29, 1.82) is 0 Å². The van der Waals surface area contributed by atoms with Crippen LogP contribution in [-0.2, 0) is 28.7 Å². The first-order valence-electron chi connectivity index (χ1n) is 18.0. The van der Waals surface area contributed by atoms with Gasteiger partial charge in [-0.25, -0.2) is 9.59 Å². The van der Waals surface area contributed by atoms with E-state index in [1.165, 1.54) is 29.9 Å². The molecule has 3 N–H and O–H groups in total. The Labute approximate surface area is 281 Å². The number of unbranched alkanes of at least 4 members (excludes halogenated alkanes) is 1. The molecule has 2 bridgehead atoms. The van der Waals surface area contributed by atoms with Gasteiger partial charge in [0.1, 0.15) is 11.5 Å². The molecule has 4 heterocycles. The van der Waals surface area contributed by atoms with Gasteiger partial charge < -0.3 is 20.5 Å². The van der Waals surface area contributed by atoms with Crippen LogP contribution in [0.5, 0.6) is 0 Å². The largest absolute Gasteiger partial charge is 0.427 e. The number of amides is 2. The molecule has 0 aromatic heterocycles. The molecule has 9 aliphatic rings. The second kappa shape index (κ2) is 11.5. The van der Waals surface area contributed by atoms with E-state index in [0.717, 1.165) is 79.4 Å². The highest BCUT2D eigenvalue weighted by molar-refractivity contribution is 6.13. The monoisotopic (exact) mass is 651 g/mol. The average molecular weight is 652 g/mol. The summed E-state index contributed by atoms with van der Waals surface area (Å²) in [4.78, 5) is 55.5. The minimum Gasteiger partial charge on any atom is -0.427 e. The number of hydrogen-bond donors (Lipinski definition) is 2. The molecule has 5 unspecified atom stereocenters. The van der Waals surface area contributed by atoms with Crippen LogP contribution in [-0.4, -0.2) is 41.7 Å². The lowest BCUT2D eigenvalue weighted by atomic mass is 9.43. The van der Waals surface area contributed by atoms with Crippen molar-refractivity contribution in [1.82, 2.24) is 10.2 Å². The Morgan fingerprint density at radius 1 is 1.04 bits per heavy atom. The van der Waals surface area contributed by atoms with Crippen molar-refractivity contribution < 1.29 is 28.7 Å². The molecular weight excluding hydrogens is 606 g/mol. The van der Waals surface area contributed by atoms with Gasteiger partial charge in [0.25, 0.3) is 11.8 Å². The van der Waals surface area contributed by atoms with Crippen LogP contribution in [0.15, 0.2) is 81.7 Å². The molecule has 5 aliphatic carbocycles. The standard InChI is InChI=1S/C39H45N3O6/c1-3-5-8-28-39-17-13-23(24-9-10-25-27(47-36(45)33(25)34(24)39)20-38(4-2)15-6-7-16-38)32(35(39)37(46)48-28)26(22-14-18-41-29(40)19-22)21-42-30(43)11-12-31(42)44/h8,11-12,14,19-20,23-24,26,34,41H,3-7,9-10,13,15-18,21,40H2,1-2H3. The molecule has 0 radical (unpaired) electrons. The smallest absolute Gasteiger partial charge is 0.340 e. The number of cyclic esters (lactones) is 2. The fourth-order valence-corrected chi connectivity index (χ4v) is 10.6. The molecule has 9 rings (SSSR count). The molecule has 3 fully saturated rings. The van der Waals surface area contributed by atoms with Crippen molar-refractivity contribution in [3.05, 3.63) is 81.7 Å². The number of nitrogens with zero attached hydrogens (tertiary/aromatic N) is 1. The highest BCUT2D eigenvalue weighted by Gasteiger charge is 2.69. The Bertz CT molecular complexity index is 1710. The number of nitrogens with two attached hydrogens (primary N) is 1. The number of rotatable bonds is 8. The number of allylic oxidation sites excluding steroid dienone is 5. The summed E-state index contributed by atoms with van der Waals surface area (Å²) >= 11 is 0. The lowest BCUT2D eigenvalue weighted by Crippen LogP contribution is -2.54. The normalized spacial score (nSPS) is 34.0. The average Bonchev–Trinajstić information content (AvgIpc) is 3.84. The Hall–Kier alpha value is -4.14. The van der Waals surface area contributed by atoms with E-state index in [1.54, 1.807) is 0 Å². The lowest BCUT2D eigenvalue weighted by molar-refractivity contribution is -0.138. The lowest BCUT2D eigenvalue weighted by Gasteiger charge is -2.57. The predicted octanol–water partition coefficient (Wildman–Crippen LogP) is 5.54. The number of carbonyl (C=O) groups is 4. The Balaban J connectivity index is 1.32. The van der Waals surface area contributed by atoms with Gasteiger partial charge in [0.05, 0.1) is 16.8 Å². The minimum absolute atomic E-state index is 0.0344.